The highest BCUT2D eigenvalue weighted by atomic mass is 35.5. The van der Waals surface area contributed by atoms with E-state index in [0.717, 1.165) is 0 Å². The molecule has 0 bridgehead atoms. The Morgan fingerprint density at radius 3 is 2.67 bits per heavy atom. The summed E-state index contributed by atoms with van der Waals surface area (Å²) in [4.78, 5) is 11.9. The first kappa shape index (κ1) is 12.2. The number of ketones is 1. The van der Waals surface area contributed by atoms with Crippen molar-refractivity contribution >= 4 is 17.4 Å². The number of rotatable bonds is 5. The summed E-state index contributed by atoms with van der Waals surface area (Å²) in [6.45, 7) is 2.43. The summed E-state index contributed by atoms with van der Waals surface area (Å²) in [7, 11) is 2.79. The van der Waals surface area contributed by atoms with Crippen LogP contribution in [0.5, 0.6) is 0 Å². The maximum absolute atomic E-state index is 11.9. The van der Waals surface area contributed by atoms with Crippen molar-refractivity contribution in [3.8, 4) is 0 Å². The Morgan fingerprint density at radius 2 is 2.20 bits per heavy atom. The maximum Gasteiger partial charge on any atom is 0.238 e. The van der Waals surface area contributed by atoms with Crippen LogP contribution in [0.15, 0.2) is 6.20 Å². The molecule has 0 saturated carbocycles. The van der Waals surface area contributed by atoms with Crippen molar-refractivity contribution in [3.05, 3.63) is 16.9 Å². The number of nitrogens with zero attached hydrogens (tertiary/aromatic N) is 2. The van der Waals surface area contributed by atoms with Crippen molar-refractivity contribution in [1.82, 2.24) is 9.78 Å². The molecule has 0 spiro atoms. The van der Waals surface area contributed by atoms with Crippen LogP contribution in [0, 0.1) is 0 Å². The highest BCUT2D eigenvalue weighted by Gasteiger charge is 2.25. The molecule has 0 N–H and O–H groups in total. The Morgan fingerprint density at radius 1 is 1.60 bits per heavy atom. The molecule has 84 valence electrons. The fraction of sp³-hybridized carbons (Fsp3) is 0.556. The number of carbonyl (C=O) groups excluding carboxylic acids is 1. The molecule has 0 fully saturated rings. The van der Waals surface area contributed by atoms with Gasteiger partial charge in [0.25, 0.3) is 0 Å². The number of Topliss-reactive ketones (excluding diaryl/α,β-unsaturated/α-hetero) is 1. The van der Waals surface area contributed by atoms with Crippen molar-refractivity contribution in [2.75, 3.05) is 14.2 Å². The Labute approximate surface area is 92.9 Å². The van der Waals surface area contributed by atoms with Gasteiger partial charge >= 0.3 is 0 Å². The van der Waals surface area contributed by atoms with Crippen molar-refractivity contribution in [3.63, 3.8) is 0 Å². The molecule has 1 heterocycles. The second-order valence-corrected chi connectivity index (χ2v) is 3.23. The van der Waals surface area contributed by atoms with Gasteiger partial charge in [-0.05, 0) is 6.92 Å². The van der Waals surface area contributed by atoms with Crippen LogP contribution in [-0.2, 0) is 16.0 Å². The van der Waals surface area contributed by atoms with Gasteiger partial charge in [0, 0.05) is 20.8 Å². The van der Waals surface area contributed by atoms with Gasteiger partial charge in [-0.3, -0.25) is 9.48 Å². The third-order valence-corrected chi connectivity index (χ3v) is 2.25. The number of aromatic nitrogens is 2. The molecule has 0 saturated heterocycles. The summed E-state index contributed by atoms with van der Waals surface area (Å²) in [5, 5.41) is 4.27. The zero-order valence-corrected chi connectivity index (χ0v) is 9.61. The molecule has 1 rings (SSSR count). The molecule has 0 aliphatic heterocycles. The quantitative estimate of drug-likeness (QED) is 0.568. The zero-order chi connectivity index (χ0) is 11.4. The smallest absolute Gasteiger partial charge is 0.238 e. The number of hydrogen-bond acceptors (Lipinski definition) is 4. The first-order chi connectivity index (χ1) is 7.15. The Balaban J connectivity index is 3.03. The lowest BCUT2D eigenvalue weighted by atomic mass is 10.2. The minimum absolute atomic E-state index is 0.306. The van der Waals surface area contributed by atoms with Crippen LogP contribution < -0.4 is 0 Å². The van der Waals surface area contributed by atoms with Crippen LogP contribution in [0.1, 0.15) is 17.4 Å². The molecular weight excluding hydrogens is 220 g/mol. The van der Waals surface area contributed by atoms with Crippen molar-refractivity contribution < 1.29 is 14.3 Å². The Bertz CT molecular complexity index is 347. The highest BCUT2D eigenvalue weighted by molar-refractivity contribution is 6.33. The molecule has 0 unspecified atom stereocenters. The number of ether oxygens (including phenoxy) is 2. The standard InChI is InChI=1S/C9H13ClN2O3/c1-4-12-7(6(10)5-11-12)8(13)9(14-2)15-3/h5,9H,4H2,1-3H3. The van der Waals surface area contributed by atoms with Gasteiger partial charge in [-0.2, -0.15) is 5.10 Å². The van der Waals surface area contributed by atoms with Gasteiger partial charge in [-0.15, -0.1) is 0 Å². The largest absolute Gasteiger partial charge is 0.349 e. The SMILES string of the molecule is CCn1ncc(Cl)c1C(=O)C(OC)OC. The van der Waals surface area contributed by atoms with Gasteiger partial charge in [0.05, 0.1) is 11.2 Å². The number of carbonyl (C=O) groups is 1. The molecule has 0 aromatic carbocycles. The normalized spacial score (nSPS) is 11.0. The molecule has 0 radical (unpaired) electrons. The number of halogens is 1. The van der Waals surface area contributed by atoms with E-state index >= 15 is 0 Å². The van der Waals surface area contributed by atoms with Crippen molar-refractivity contribution in [1.29, 1.82) is 0 Å². The fourth-order valence-corrected chi connectivity index (χ4v) is 1.50. The van der Waals surface area contributed by atoms with Gasteiger partial charge in [0.2, 0.25) is 12.1 Å². The lowest BCUT2D eigenvalue weighted by Crippen LogP contribution is -2.27. The summed E-state index contributed by atoms with van der Waals surface area (Å²) < 4.78 is 11.2. The number of hydrogen-bond donors (Lipinski definition) is 0. The van der Waals surface area contributed by atoms with Crippen molar-refractivity contribution in [2.24, 2.45) is 0 Å². The van der Waals surface area contributed by atoms with Gasteiger partial charge in [-0.1, -0.05) is 11.6 Å². The average molecular weight is 233 g/mol. The molecule has 0 aliphatic rings. The lowest BCUT2D eigenvalue weighted by molar-refractivity contribution is -0.0746. The molecule has 0 aliphatic carbocycles. The Hall–Kier alpha value is -0.910. The van der Waals surface area contributed by atoms with E-state index in [1.807, 2.05) is 6.92 Å². The van der Waals surface area contributed by atoms with Gasteiger partial charge < -0.3 is 9.47 Å². The average Bonchev–Trinajstić information content (AvgIpc) is 2.61. The summed E-state index contributed by atoms with van der Waals surface area (Å²) in [5.41, 5.74) is 0.313. The van der Waals surface area contributed by atoms with Crippen molar-refractivity contribution in [2.45, 2.75) is 19.8 Å². The van der Waals surface area contributed by atoms with Gasteiger partial charge in [-0.25, -0.2) is 0 Å². The molecule has 0 atom stereocenters. The van der Waals surface area contributed by atoms with Crippen LogP contribution in [0.4, 0.5) is 0 Å². The van der Waals surface area contributed by atoms with E-state index in [-0.39, 0.29) is 5.78 Å². The van der Waals surface area contributed by atoms with Crippen LogP contribution in [-0.4, -0.2) is 36.1 Å². The van der Waals surface area contributed by atoms with E-state index in [4.69, 9.17) is 21.1 Å². The summed E-state index contributed by atoms with van der Waals surface area (Å²) in [6, 6.07) is 0. The monoisotopic (exact) mass is 232 g/mol. The molecule has 0 amide bonds. The number of aryl methyl sites for hydroxylation is 1. The van der Waals surface area contributed by atoms with E-state index in [2.05, 4.69) is 5.10 Å². The summed E-state index contributed by atoms with van der Waals surface area (Å²) >= 11 is 5.86. The molecule has 1 aromatic rings. The number of methoxy groups -OCH3 is 2. The molecule has 1 aromatic heterocycles. The molecule has 15 heavy (non-hydrogen) atoms. The van der Waals surface area contributed by atoms with Crippen LogP contribution in [0.25, 0.3) is 0 Å². The molecule has 6 heteroatoms. The first-order valence-corrected chi connectivity index (χ1v) is 4.84. The summed E-state index contributed by atoms with van der Waals surface area (Å²) in [6.07, 6.45) is 0.491. The maximum atomic E-state index is 11.9. The van der Waals surface area contributed by atoms with Gasteiger partial charge in [0.1, 0.15) is 5.69 Å². The van der Waals surface area contributed by atoms with E-state index in [9.17, 15) is 4.79 Å². The predicted molar refractivity (Wildman–Crippen MR) is 55.0 cm³/mol. The fourth-order valence-electron chi connectivity index (χ4n) is 1.27. The predicted octanol–water partition coefficient (Wildman–Crippen LogP) is 1.36. The highest BCUT2D eigenvalue weighted by Crippen LogP contribution is 2.18. The zero-order valence-electron chi connectivity index (χ0n) is 8.86. The van der Waals surface area contributed by atoms with Gasteiger partial charge in [0.15, 0.2) is 0 Å². The minimum atomic E-state index is -0.940. The molecule has 5 nitrogen and oxygen atoms in total. The Kier molecular flexibility index (Phi) is 4.26. The summed E-state index contributed by atoms with van der Waals surface area (Å²) in [5.74, 6) is -0.329. The lowest BCUT2D eigenvalue weighted by Gasteiger charge is -2.12. The second-order valence-electron chi connectivity index (χ2n) is 2.82. The van der Waals surface area contributed by atoms with E-state index in [1.54, 1.807) is 0 Å². The van der Waals surface area contributed by atoms with E-state index in [1.165, 1.54) is 25.1 Å². The van der Waals surface area contributed by atoms with Crippen LogP contribution >= 0.6 is 11.6 Å². The third kappa shape index (κ3) is 2.37. The van der Waals surface area contributed by atoms with E-state index < -0.39 is 6.29 Å². The molecular formula is C9H13ClN2O3. The second kappa shape index (κ2) is 5.25. The minimum Gasteiger partial charge on any atom is -0.349 e. The van der Waals surface area contributed by atoms with Crippen LogP contribution in [0.2, 0.25) is 5.02 Å². The third-order valence-electron chi connectivity index (χ3n) is 1.97. The first-order valence-electron chi connectivity index (χ1n) is 4.46. The van der Waals surface area contributed by atoms with E-state index in [0.29, 0.717) is 17.3 Å². The van der Waals surface area contributed by atoms with Crippen LogP contribution in [0.3, 0.4) is 0 Å². The topological polar surface area (TPSA) is 53.4 Å².